The maximum Gasteiger partial charge on any atom is 0.490 e. The quantitative estimate of drug-likeness (QED) is 0.00178. The number of phosphoric ester groups is 2. The van der Waals surface area contributed by atoms with Crippen LogP contribution in [0, 0.1) is 11.8 Å². The van der Waals surface area contributed by atoms with Crippen molar-refractivity contribution in [3.8, 4) is 11.8 Å². The summed E-state index contributed by atoms with van der Waals surface area (Å²) in [4.78, 5) is 120. The molecule has 9 atom stereocenters. The highest BCUT2D eigenvalue weighted by atomic mass is 33.1. The predicted octanol–water partition coefficient (Wildman–Crippen LogP) is 7.00. The number of hydrogen-bond acceptors (Lipinski definition) is 31. The lowest BCUT2D eigenvalue weighted by Crippen LogP contribution is -2.48. The average molecular weight is 1730 g/mol. The Kier molecular flexibility index (Phi) is 29.4. The number of benzene rings is 2. The number of nitrogens with one attached hydrogen (secondary N) is 3. The van der Waals surface area contributed by atoms with Crippen molar-refractivity contribution >= 4 is 144 Å². The Balaban J connectivity index is 0.753. The lowest BCUT2D eigenvalue weighted by Gasteiger charge is -2.27. The summed E-state index contributed by atoms with van der Waals surface area (Å²) in [5.41, 5.74) is 11.3. The first kappa shape index (κ1) is 88.4. The number of anilines is 3. The van der Waals surface area contributed by atoms with E-state index < -0.39 is 126 Å². The molecule has 4 aliphatic rings. The number of nitrogen functional groups attached to an aromatic ring is 1. The van der Waals surface area contributed by atoms with Gasteiger partial charge in [-0.05, 0) is 82.0 Å². The van der Waals surface area contributed by atoms with E-state index in [4.69, 9.17) is 35.0 Å². The van der Waals surface area contributed by atoms with Crippen LogP contribution in [0.4, 0.5) is 27.8 Å². The Bertz CT molecular complexity index is 5050. The molecule has 113 heavy (non-hydrogen) atoms. The molecule has 2 fully saturated rings. The van der Waals surface area contributed by atoms with Crippen LogP contribution in [0.5, 0.6) is 0 Å². The third-order valence-electron chi connectivity index (χ3n) is 18.1. The van der Waals surface area contributed by atoms with Crippen LogP contribution in [-0.4, -0.2) is 201 Å². The van der Waals surface area contributed by atoms with Gasteiger partial charge in [-0.1, -0.05) is 77.0 Å². The van der Waals surface area contributed by atoms with E-state index in [-0.39, 0.29) is 71.5 Å². The van der Waals surface area contributed by atoms with E-state index >= 15 is 0 Å². The summed E-state index contributed by atoms with van der Waals surface area (Å²) in [6, 6.07) is 9.25. The smallest absolute Gasteiger partial charge is 0.449 e. The summed E-state index contributed by atoms with van der Waals surface area (Å²) in [7, 11) is -23.9. The van der Waals surface area contributed by atoms with Crippen molar-refractivity contribution in [1.29, 1.82) is 0 Å². The van der Waals surface area contributed by atoms with Crippen LogP contribution in [0.1, 0.15) is 109 Å². The number of imidazole rings is 1. The predicted molar refractivity (Wildman–Crippen MR) is 408 cm³/mol. The number of phosphoric acid groups is 4. The number of ether oxygens (including phenoxy) is 3. The number of unbranched alkanes of at least 4 members (excludes halogenated alkanes) is 2. The SMILES string of the molecule is CC[N+]1=C(/C=C/C=C/C=C2/N(CCCCCC(=O)NC(CSSCCCOC(=O)Nc3ncnc4c3ncn4[C@H]3C[C@@H](O)[C@@H](COP(=O)(O)OP(=O)(O)OP(=O)(O)O)O3)C(=O)NCC#Cc3cn([C@H]4C[C@@H](O)[C@@H](COP(=O)(O)O)O4)c4ncnc(N)c34)c3ccc(S(=O)(=O)O)cc3C2(C)C)C(C)(C)c2cc(SOOO)ccc21. The van der Waals surface area contributed by atoms with Gasteiger partial charge in [0.2, 0.25) is 17.5 Å². The van der Waals surface area contributed by atoms with E-state index in [2.05, 4.69) is 110 Å². The molecule has 3 unspecified atom stereocenters. The minimum atomic E-state index is -5.81. The van der Waals surface area contributed by atoms with Gasteiger partial charge in [-0.2, -0.15) is 21.6 Å². The van der Waals surface area contributed by atoms with Gasteiger partial charge in [0.15, 0.2) is 22.7 Å². The molecule has 0 saturated carbocycles. The van der Waals surface area contributed by atoms with E-state index in [9.17, 15) is 75.4 Å². The molecule has 2 aromatic carbocycles. The molecule has 614 valence electrons. The van der Waals surface area contributed by atoms with Gasteiger partial charge in [0.05, 0.1) is 78.2 Å². The Morgan fingerprint density at radius 3 is 2.22 bits per heavy atom. The van der Waals surface area contributed by atoms with Gasteiger partial charge in [0.25, 0.3) is 10.1 Å². The molecule has 41 nitrogen and oxygen atoms in total. The molecule has 10 rings (SSSR count). The molecule has 49 heteroatoms. The molecular weight excluding hydrogens is 1650 g/mol. The largest absolute Gasteiger partial charge is 0.490 e. The van der Waals surface area contributed by atoms with E-state index in [1.165, 1.54) is 55.5 Å². The molecule has 0 bridgehead atoms. The zero-order valence-electron chi connectivity index (χ0n) is 60.7. The number of fused-ring (bicyclic) bond motifs is 4. The second-order valence-corrected chi connectivity index (χ2v) is 37.0. The minimum Gasteiger partial charge on any atom is -0.449 e. The van der Waals surface area contributed by atoms with Crippen molar-refractivity contribution in [1.82, 2.24) is 44.7 Å². The number of aromatic nitrogens is 7. The van der Waals surface area contributed by atoms with Crippen molar-refractivity contribution in [3.63, 3.8) is 0 Å². The number of rotatable bonds is 37. The lowest BCUT2D eigenvalue weighted by molar-refractivity contribution is -0.433. The van der Waals surface area contributed by atoms with Gasteiger partial charge >= 0.3 is 37.4 Å². The molecule has 15 N–H and O–H groups in total. The van der Waals surface area contributed by atoms with Crippen LogP contribution in [0.2, 0.25) is 0 Å². The molecule has 6 aromatic rings. The number of aliphatic hydroxyl groups excluding tert-OH is 2. The van der Waals surface area contributed by atoms with Gasteiger partial charge < -0.3 is 79.6 Å². The topological polar surface area (TPSA) is 582 Å². The summed E-state index contributed by atoms with van der Waals surface area (Å²) in [6.45, 7) is 9.50. The second-order valence-electron chi connectivity index (χ2n) is 26.5. The first-order chi connectivity index (χ1) is 53.3. The van der Waals surface area contributed by atoms with E-state index in [1.807, 2.05) is 62.4 Å². The zero-order chi connectivity index (χ0) is 82.0. The van der Waals surface area contributed by atoms with Gasteiger partial charge in [0, 0.05) is 82.9 Å². The third-order valence-corrected chi connectivity index (χ3v) is 26.4. The highest BCUT2D eigenvalue weighted by molar-refractivity contribution is 8.76. The van der Waals surface area contributed by atoms with E-state index in [0.29, 0.717) is 61.0 Å². The molecule has 2 saturated heterocycles. The van der Waals surface area contributed by atoms with Crippen molar-refractivity contribution in [2.45, 2.75) is 143 Å². The summed E-state index contributed by atoms with van der Waals surface area (Å²) < 4.78 is 125. The van der Waals surface area contributed by atoms with Crippen molar-refractivity contribution in [2.24, 2.45) is 0 Å². The highest BCUT2D eigenvalue weighted by Gasteiger charge is 2.47. The first-order valence-corrected chi connectivity index (χ1v) is 45.1. The molecule has 8 heterocycles. The Morgan fingerprint density at radius 2 is 1.52 bits per heavy atom. The van der Waals surface area contributed by atoms with E-state index in [1.54, 1.807) is 12.3 Å². The second kappa shape index (κ2) is 37.6. The minimum absolute atomic E-state index is 0.0215. The molecule has 0 aliphatic carbocycles. The fourth-order valence-corrected chi connectivity index (χ4v) is 19.5. The Labute approximate surface area is 657 Å². The van der Waals surface area contributed by atoms with Crippen LogP contribution in [0.25, 0.3) is 22.2 Å². The molecular formula is C64H82N13O28P4S4+. The standard InChI is InChI=1S/C64H81N13O28P4S4/c1-6-74-44-21-19-39(112-103-102-83)27-41(44)63(2,3)50(74)16-9-7-10-17-51-64(4,5)42-28-40(113(94,95)96)20-22-45(42)75(51)24-12-8-11-18-52(80)72-43(61(81)66-23-13-15-38-31-76(59-55(38)57(65)67-35-69-59)53-29-46(78)48(100-53)32-98-106(84,85)86)34-111-110-26-14-25-97-62(82)73-58-56-60(70-36-68-58)77(37-71-56)54-30-47(79)49(101-54)33-99-108(90,91)105-109(92,93)104-107(87,88)89/h7,9-10,16-17,19-22,27-28,31,35-37,43,46-49,53-54,78-79H,6,8,11-12,14,18,23-26,29-30,32-34H2,1-5H3,(H12-,65,66,67,68,69,70,72,73,80,81,82,83,84,85,86,87,88,89,90,91,92,93,94,95,96)/p+1/t43?,46-,47-,48-,49-,53-,54-/m1/s1. The number of aliphatic hydroxyl groups is 2. The number of nitrogens with two attached hydrogens (primary N) is 1. The number of hydrogen-bond donors (Lipinski definition) is 14. The first-order valence-electron chi connectivity index (χ1n) is 34.4. The molecule has 0 spiro atoms. The molecule has 4 aromatic heterocycles. The van der Waals surface area contributed by atoms with Gasteiger partial charge in [0.1, 0.15) is 61.4 Å². The summed E-state index contributed by atoms with van der Waals surface area (Å²) in [5.74, 6) is 5.24. The fourth-order valence-electron chi connectivity index (χ4n) is 13.0. The molecule has 3 amide bonds. The normalized spacial score (nSPS) is 21.2. The fraction of sp³-hybridized carbons (Fsp3) is 0.453. The third kappa shape index (κ3) is 22.8. The number of allylic oxidation sites excluding steroid dienone is 6. The zero-order valence-corrected chi connectivity index (χ0v) is 67.5. The van der Waals surface area contributed by atoms with Gasteiger partial charge in [-0.3, -0.25) is 33.1 Å². The summed E-state index contributed by atoms with van der Waals surface area (Å²) in [5, 5.41) is 42.4. The van der Waals surface area contributed by atoms with Crippen LogP contribution in [0.15, 0.2) is 107 Å². The van der Waals surface area contributed by atoms with Crippen molar-refractivity contribution in [3.05, 3.63) is 114 Å². The molecule has 0 radical (unpaired) electrons. The number of carbonyl (C=O) groups excluding carboxylic acids is 3. The monoisotopic (exact) mass is 1730 g/mol. The molecule has 4 aliphatic heterocycles. The van der Waals surface area contributed by atoms with Crippen LogP contribution < -0.4 is 26.6 Å². The van der Waals surface area contributed by atoms with Crippen LogP contribution in [0.3, 0.4) is 0 Å². The Hall–Kier alpha value is -6.93. The average Bonchev–Trinajstić information content (AvgIpc) is 1.60. The van der Waals surface area contributed by atoms with E-state index in [0.717, 1.165) is 51.6 Å². The Morgan fingerprint density at radius 1 is 0.814 bits per heavy atom. The van der Waals surface area contributed by atoms with Crippen LogP contribution in [-0.2, 0) is 90.0 Å². The maximum atomic E-state index is 14.1. The van der Waals surface area contributed by atoms with Crippen molar-refractivity contribution in [2.75, 3.05) is 66.9 Å². The number of carbonyl (C=O) groups is 3. The highest BCUT2D eigenvalue weighted by Crippen LogP contribution is 2.66. The summed E-state index contributed by atoms with van der Waals surface area (Å²) in [6.07, 6.45) is 8.56. The number of nitrogens with zero attached hydrogens (tertiary/aromatic N) is 9. The number of amides is 3. The summed E-state index contributed by atoms with van der Waals surface area (Å²) >= 11 is 0.882. The van der Waals surface area contributed by atoms with Gasteiger partial charge in [-0.15, -0.1) is 4.33 Å². The lowest BCUT2D eigenvalue weighted by atomic mass is 9.81. The van der Waals surface area contributed by atoms with Gasteiger partial charge in [-0.25, -0.2) is 53.2 Å². The van der Waals surface area contributed by atoms with Crippen LogP contribution >= 0.6 is 64.9 Å². The van der Waals surface area contributed by atoms with Crippen molar-refractivity contribution < 1.29 is 136 Å². The maximum absolute atomic E-state index is 14.1.